The molecule has 1 aliphatic heterocycles. The van der Waals surface area contributed by atoms with E-state index in [4.69, 9.17) is 18.0 Å². The maximum absolute atomic E-state index is 12.6. The van der Waals surface area contributed by atoms with Crippen LogP contribution in [-0.2, 0) is 23.1 Å². The van der Waals surface area contributed by atoms with Gasteiger partial charge in [0.05, 0.1) is 11.4 Å². The third-order valence-corrected chi connectivity index (χ3v) is 5.58. The molecule has 8 heteroatoms. The minimum atomic E-state index is -3.53. The number of rotatable bonds is 3. The number of hydrogen-bond acceptors (Lipinski definition) is 4. The second kappa shape index (κ2) is 5.21. The molecule has 3 rings (SSSR count). The molecule has 2 aromatic rings. The van der Waals surface area contributed by atoms with Gasteiger partial charge in [0.25, 0.3) is 0 Å². The molecule has 0 radical (unpaired) electrons. The lowest BCUT2D eigenvalue weighted by Gasteiger charge is -2.27. The second-order valence-electron chi connectivity index (χ2n) is 4.76. The smallest absolute Gasteiger partial charge is 0.243 e. The molecule has 1 aromatic heterocycles. The van der Waals surface area contributed by atoms with Gasteiger partial charge in [0.2, 0.25) is 10.0 Å². The molecule has 110 valence electrons. The van der Waals surface area contributed by atoms with E-state index in [9.17, 15) is 8.42 Å². The Labute approximate surface area is 128 Å². The molecule has 0 atom stereocenters. The first-order valence-electron chi connectivity index (χ1n) is 6.38. The van der Waals surface area contributed by atoms with Crippen LogP contribution in [0, 0.1) is 0 Å². The fraction of sp³-hybridized carbons (Fsp3) is 0.231. The lowest BCUT2D eigenvalue weighted by molar-refractivity contribution is 0.335. The molecule has 0 saturated carbocycles. The van der Waals surface area contributed by atoms with Gasteiger partial charge in [-0.15, -0.1) is 0 Å². The van der Waals surface area contributed by atoms with E-state index < -0.39 is 10.0 Å². The average molecular weight is 322 g/mol. The number of thiocarbonyl (C=S) groups is 1. The minimum absolute atomic E-state index is 0.238. The summed E-state index contributed by atoms with van der Waals surface area (Å²) < 4.78 is 28.6. The zero-order valence-corrected chi connectivity index (χ0v) is 12.8. The molecule has 0 spiro atoms. The van der Waals surface area contributed by atoms with Crippen LogP contribution in [0.1, 0.15) is 11.4 Å². The largest absolute Gasteiger partial charge is 0.389 e. The Balaban J connectivity index is 1.89. The van der Waals surface area contributed by atoms with Crippen LogP contribution in [0.5, 0.6) is 0 Å². The highest BCUT2D eigenvalue weighted by atomic mass is 32.2. The molecule has 2 N–H and O–H groups in total. The predicted octanol–water partition coefficient (Wildman–Crippen LogP) is 0.722. The Morgan fingerprint density at radius 2 is 1.95 bits per heavy atom. The van der Waals surface area contributed by atoms with Crippen molar-refractivity contribution in [2.24, 2.45) is 5.73 Å². The van der Waals surface area contributed by atoms with Gasteiger partial charge >= 0.3 is 0 Å². The fourth-order valence-corrected chi connectivity index (χ4v) is 3.82. The van der Waals surface area contributed by atoms with Crippen molar-refractivity contribution in [2.75, 3.05) is 6.54 Å². The summed E-state index contributed by atoms with van der Waals surface area (Å²) in [5, 5.41) is 0. The average Bonchev–Trinajstić information content (AvgIpc) is 2.94. The van der Waals surface area contributed by atoms with Gasteiger partial charge in [0.15, 0.2) is 0 Å². The van der Waals surface area contributed by atoms with Crippen molar-refractivity contribution in [3.63, 3.8) is 0 Å². The molecule has 0 aliphatic carbocycles. The molecule has 1 aliphatic rings. The summed E-state index contributed by atoms with van der Waals surface area (Å²) >= 11 is 4.86. The molecule has 21 heavy (non-hydrogen) atoms. The number of fused-ring (bicyclic) bond motifs is 1. The minimum Gasteiger partial charge on any atom is -0.389 e. The lowest BCUT2D eigenvalue weighted by atomic mass is 10.2. The monoisotopic (exact) mass is 322 g/mol. The van der Waals surface area contributed by atoms with Crippen molar-refractivity contribution in [1.29, 1.82) is 0 Å². The highest BCUT2D eigenvalue weighted by Crippen LogP contribution is 2.21. The van der Waals surface area contributed by atoms with Crippen LogP contribution < -0.4 is 5.73 Å². The number of nitrogens with two attached hydrogens (primary N) is 1. The van der Waals surface area contributed by atoms with Gasteiger partial charge < -0.3 is 10.3 Å². The first-order valence-corrected chi connectivity index (χ1v) is 8.23. The van der Waals surface area contributed by atoms with E-state index in [1.165, 1.54) is 16.4 Å². The molecule has 6 nitrogen and oxygen atoms in total. The molecule has 1 aromatic carbocycles. The number of aromatic nitrogens is 2. The summed E-state index contributed by atoms with van der Waals surface area (Å²) in [5.74, 6) is 0.754. The summed E-state index contributed by atoms with van der Waals surface area (Å²) in [6, 6.07) is 6.32. The van der Waals surface area contributed by atoms with Gasteiger partial charge in [-0.3, -0.25) is 0 Å². The Bertz CT molecular complexity index is 781. The summed E-state index contributed by atoms with van der Waals surface area (Å²) in [7, 11) is -3.53. The molecular formula is C13H14N4O2S2. The summed E-state index contributed by atoms with van der Waals surface area (Å²) in [6.07, 6.45) is 3.54. The quantitative estimate of drug-likeness (QED) is 0.842. The highest BCUT2D eigenvalue weighted by Gasteiger charge is 2.28. The van der Waals surface area contributed by atoms with Gasteiger partial charge in [-0.1, -0.05) is 24.4 Å². The summed E-state index contributed by atoms with van der Waals surface area (Å²) in [5.41, 5.74) is 6.17. The molecule has 0 bridgehead atoms. The van der Waals surface area contributed by atoms with Crippen LogP contribution in [0.2, 0.25) is 0 Å². The Morgan fingerprint density at radius 3 is 2.62 bits per heavy atom. The molecule has 0 unspecified atom stereocenters. The van der Waals surface area contributed by atoms with Crippen LogP contribution in [0.4, 0.5) is 0 Å². The second-order valence-corrected chi connectivity index (χ2v) is 7.14. The summed E-state index contributed by atoms with van der Waals surface area (Å²) in [6.45, 7) is 1.33. The van der Waals surface area contributed by atoms with E-state index in [0.29, 0.717) is 18.7 Å². The van der Waals surface area contributed by atoms with E-state index in [-0.39, 0.29) is 16.4 Å². The molecular weight excluding hydrogens is 308 g/mol. The van der Waals surface area contributed by atoms with Crippen LogP contribution in [-0.4, -0.2) is 33.8 Å². The Morgan fingerprint density at radius 1 is 1.24 bits per heavy atom. The Hall–Kier alpha value is -1.77. The Kier molecular flexibility index (Phi) is 3.52. The van der Waals surface area contributed by atoms with Crippen molar-refractivity contribution in [3.05, 3.63) is 48.0 Å². The van der Waals surface area contributed by atoms with Gasteiger partial charge in [0.1, 0.15) is 10.8 Å². The first-order chi connectivity index (χ1) is 9.98. The summed E-state index contributed by atoms with van der Waals surface area (Å²) in [4.78, 5) is 4.66. The number of hydrogen-bond donors (Lipinski definition) is 1. The molecule has 0 saturated heterocycles. The molecule has 0 amide bonds. The van der Waals surface area contributed by atoms with E-state index in [2.05, 4.69) is 4.98 Å². The third-order valence-electron chi connectivity index (χ3n) is 3.49. The van der Waals surface area contributed by atoms with Gasteiger partial charge in [-0.05, 0) is 12.1 Å². The van der Waals surface area contributed by atoms with E-state index in [0.717, 1.165) is 5.82 Å². The third kappa shape index (κ3) is 2.57. The van der Waals surface area contributed by atoms with Crippen molar-refractivity contribution in [1.82, 2.24) is 13.9 Å². The maximum Gasteiger partial charge on any atom is 0.243 e. The molecule has 0 fully saturated rings. The van der Waals surface area contributed by atoms with Crippen molar-refractivity contribution in [3.8, 4) is 0 Å². The van der Waals surface area contributed by atoms with E-state index in [1.807, 2.05) is 10.8 Å². The van der Waals surface area contributed by atoms with Crippen molar-refractivity contribution < 1.29 is 8.42 Å². The fourth-order valence-electron chi connectivity index (χ4n) is 2.30. The zero-order chi connectivity index (χ0) is 15.0. The number of sulfonamides is 1. The molecule has 2 heterocycles. The first kappa shape index (κ1) is 14.2. The lowest BCUT2D eigenvalue weighted by Crippen LogP contribution is -2.38. The zero-order valence-electron chi connectivity index (χ0n) is 11.1. The van der Waals surface area contributed by atoms with E-state index >= 15 is 0 Å². The predicted molar refractivity (Wildman–Crippen MR) is 82.2 cm³/mol. The van der Waals surface area contributed by atoms with Gasteiger partial charge in [0, 0.05) is 31.0 Å². The van der Waals surface area contributed by atoms with Crippen molar-refractivity contribution >= 4 is 27.2 Å². The van der Waals surface area contributed by atoms with Crippen LogP contribution in [0.25, 0.3) is 0 Å². The number of nitrogens with zero attached hydrogens (tertiary/aromatic N) is 3. The maximum atomic E-state index is 12.6. The number of benzene rings is 1. The van der Waals surface area contributed by atoms with Crippen LogP contribution in [0.3, 0.4) is 0 Å². The van der Waals surface area contributed by atoms with E-state index in [1.54, 1.807) is 18.3 Å². The SMILES string of the molecule is NC(=S)c1ccc(S(=O)(=O)N2CCn3ccnc3C2)cc1. The van der Waals surface area contributed by atoms with Gasteiger partial charge in [-0.25, -0.2) is 13.4 Å². The standard InChI is InChI=1S/C13H14N4O2S2/c14-13(20)10-1-3-11(4-2-10)21(18,19)17-8-7-16-6-5-15-12(16)9-17/h1-6H,7-9H2,(H2,14,20). The number of imidazole rings is 1. The normalized spacial score (nSPS) is 15.6. The van der Waals surface area contributed by atoms with Crippen molar-refractivity contribution in [2.45, 2.75) is 18.0 Å². The van der Waals surface area contributed by atoms with Gasteiger partial charge in [-0.2, -0.15) is 4.31 Å². The van der Waals surface area contributed by atoms with Crippen LogP contribution >= 0.6 is 12.2 Å². The highest BCUT2D eigenvalue weighted by molar-refractivity contribution is 7.89. The topological polar surface area (TPSA) is 81.2 Å². The van der Waals surface area contributed by atoms with Crippen LogP contribution in [0.15, 0.2) is 41.6 Å².